The number of aromatic amines is 1. The van der Waals surface area contributed by atoms with Crippen molar-refractivity contribution in [3.63, 3.8) is 0 Å². The van der Waals surface area contributed by atoms with E-state index in [1.165, 1.54) is 11.8 Å². The van der Waals surface area contributed by atoms with E-state index in [0.29, 0.717) is 23.0 Å². The standard InChI is InChI=1S/C16H22N4O2S/c1-4-5-10-20-15(22)17-18-16(20)23-11-12-6-8-13(9-7-12)14(21)19(2)3/h6-9H,4-5,10-11H2,1-3H3,(H,17,22). The van der Waals surface area contributed by atoms with Crippen molar-refractivity contribution in [1.82, 2.24) is 19.7 Å². The van der Waals surface area contributed by atoms with Crippen LogP contribution in [0.2, 0.25) is 0 Å². The van der Waals surface area contributed by atoms with Gasteiger partial charge in [0.05, 0.1) is 0 Å². The Bertz CT molecular complexity index is 704. The number of carbonyl (C=O) groups is 1. The van der Waals surface area contributed by atoms with Gasteiger partial charge in [0.15, 0.2) is 5.16 Å². The molecule has 1 aromatic carbocycles. The van der Waals surface area contributed by atoms with Crippen molar-refractivity contribution in [3.8, 4) is 0 Å². The lowest BCUT2D eigenvalue weighted by atomic mass is 10.1. The molecule has 0 aliphatic rings. The molecule has 0 bridgehead atoms. The average molecular weight is 334 g/mol. The van der Waals surface area contributed by atoms with E-state index >= 15 is 0 Å². The maximum absolute atomic E-state index is 11.9. The summed E-state index contributed by atoms with van der Waals surface area (Å²) < 4.78 is 1.68. The third-order valence-electron chi connectivity index (χ3n) is 3.43. The molecule has 0 radical (unpaired) electrons. The van der Waals surface area contributed by atoms with E-state index in [2.05, 4.69) is 17.1 Å². The van der Waals surface area contributed by atoms with E-state index in [1.54, 1.807) is 23.6 Å². The predicted octanol–water partition coefficient (Wildman–Crippen LogP) is 2.37. The molecule has 0 unspecified atom stereocenters. The Morgan fingerprint density at radius 1 is 1.30 bits per heavy atom. The molecule has 0 aliphatic heterocycles. The molecule has 2 aromatic rings. The first-order chi connectivity index (χ1) is 11.0. The molecule has 1 heterocycles. The number of benzene rings is 1. The Morgan fingerprint density at radius 2 is 2.00 bits per heavy atom. The van der Waals surface area contributed by atoms with Gasteiger partial charge in [-0.3, -0.25) is 9.36 Å². The highest BCUT2D eigenvalue weighted by molar-refractivity contribution is 7.98. The van der Waals surface area contributed by atoms with Gasteiger partial charge in [-0.05, 0) is 24.1 Å². The number of aromatic nitrogens is 3. The first-order valence-corrected chi connectivity index (χ1v) is 8.60. The van der Waals surface area contributed by atoms with E-state index in [0.717, 1.165) is 18.4 Å². The van der Waals surface area contributed by atoms with Crippen molar-refractivity contribution in [2.75, 3.05) is 14.1 Å². The van der Waals surface area contributed by atoms with Crippen molar-refractivity contribution in [2.24, 2.45) is 0 Å². The highest BCUT2D eigenvalue weighted by Crippen LogP contribution is 2.20. The van der Waals surface area contributed by atoms with Crippen LogP contribution >= 0.6 is 11.8 Å². The van der Waals surface area contributed by atoms with Gasteiger partial charge < -0.3 is 4.90 Å². The molecule has 1 aromatic heterocycles. The molecular weight excluding hydrogens is 312 g/mol. The van der Waals surface area contributed by atoms with Crippen LogP contribution in [0.3, 0.4) is 0 Å². The topological polar surface area (TPSA) is 71.0 Å². The fourth-order valence-corrected chi connectivity index (χ4v) is 3.00. The lowest BCUT2D eigenvalue weighted by Gasteiger charge is -2.10. The molecule has 124 valence electrons. The molecule has 0 saturated heterocycles. The molecule has 0 fully saturated rings. The van der Waals surface area contributed by atoms with Gasteiger partial charge in [-0.2, -0.15) is 0 Å². The highest BCUT2D eigenvalue weighted by atomic mass is 32.2. The number of nitrogens with zero attached hydrogens (tertiary/aromatic N) is 3. The summed E-state index contributed by atoms with van der Waals surface area (Å²) in [7, 11) is 3.47. The average Bonchev–Trinajstić information content (AvgIpc) is 2.90. The third kappa shape index (κ3) is 4.48. The summed E-state index contributed by atoms with van der Waals surface area (Å²) in [6, 6.07) is 7.52. The Labute approximate surface area is 139 Å². The second-order valence-corrected chi connectivity index (χ2v) is 6.44. The second-order valence-electron chi connectivity index (χ2n) is 5.50. The second kappa shape index (κ2) is 8.01. The van der Waals surface area contributed by atoms with Gasteiger partial charge >= 0.3 is 5.69 Å². The van der Waals surface area contributed by atoms with Gasteiger partial charge in [-0.25, -0.2) is 9.89 Å². The van der Waals surface area contributed by atoms with Crippen LogP contribution in [0.1, 0.15) is 35.7 Å². The van der Waals surface area contributed by atoms with Gasteiger partial charge in [0, 0.05) is 32.0 Å². The molecule has 0 saturated carbocycles. The Hall–Kier alpha value is -2.02. The normalized spacial score (nSPS) is 10.7. The van der Waals surface area contributed by atoms with Crippen LogP contribution in [0.25, 0.3) is 0 Å². The molecule has 1 amide bonds. The van der Waals surface area contributed by atoms with Crippen LogP contribution in [0.4, 0.5) is 0 Å². The van der Waals surface area contributed by atoms with Gasteiger partial charge in [-0.1, -0.05) is 37.2 Å². The summed E-state index contributed by atoms with van der Waals surface area (Å²) in [5.41, 5.74) is 1.60. The number of unbranched alkanes of at least 4 members (excludes halogenated alkanes) is 1. The van der Waals surface area contributed by atoms with Crippen molar-refractivity contribution < 1.29 is 4.79 Å². The lowest BCUT2D eigenvalue weighted by Crippen LogP contribution is -2.21. The van der Waals surface area contributed by atoms with Gasteiger partial charge in [0.25, 0.3) is 5.91 Å². The van der Waals surface area contributed by atoms with E-state index in [4.69, 9.17) is 0 Å². The highest BCUT2D eigenvalue weighted by Gasteiger charge is 2.10. The Balaban J connectivity index is 2.01. The van der Waals surface area contributed by atoms with Crippen LogP contribution in [-0.4, -0.2) is 39.7 Å². The summed E-state index contributed by atoms with van der Waals surface area (Å²) in [6.45, 7) is 2.78. The largest absolute Gasteiger partial charge is 0.345 e. The van der Waals surface area contributed by atoms with Crippen LogP contribution in [-0.2, 0) is 12.3 Å². The Kier molecular flexibility index (Phi) is 6.04. The number of H-pyrrole nitrogens is 1. The number of hydrogen-bond acceptors (Lipinski definition) is 4. The smallest absolute Gasteiger partial charge is 0.343 e. The zero-order valence-corrected chi connectivity index (χ0v) is 14.5. The van der Waals surface area contributed by atoms with Gasteiger partial charge in [0.1, 0.15) is 0 Å². The predicted molar refractivity (Wildman–Crippen MR) is 91.8 cm³/mol. The number of amides is 1. The molecule has 0 spiro atoms. The van der Waals surface area contributed by atoms with Gasteiger partial charge in [0.2, 0.25) is 0 Å². The number of rotatable bonds is 7. The van der Waals surface area contributed by atoms with E-state index in [-0.39, 0.29) is 11.6 Å². The number of nitrogens with one attached hydrogen (secondary N) is 1. The molecule has 2 rings (SSSR count). The van der Waals surface area contributed by atoms with E-state index in [1.807, 2.05) is 24.3 Å². The monoisotopic (exact) mass is 334 g/mol. The fourth-order valence-electron chi connectivity index (χ4n) is 2.08. The van der Waals surface area contributed by atoms with Crippen molar-refractivity contribution in [1.29, 1.82) is 0 Å². The van der Waals surface area contributed by atoms with Crippen molar-refractivity contribution >= 4 is 17.7 Å². The van der Waals surface area contributed by atoms with Crippen LogP contribution in [0.5, 0.6) is 0 Å². The molecule has 0 aliphatic carbocycles. The zero-order valence-electron chi connectivity index (χ0n) is 13.7. The summed E-state index contributed by atoms with van der Waals surface area (Å²) >= 11 is 1.52. The third-order valence-corrected chi connectivity index (χ3v) is 4.48. The summed E-state index contributed by atoms with van der Waals surface area (Å²) in [6.07, 6.45) is 1.98. The van der Waals surface area contributed by atoms with Crippen LogP contribution < -0.4 is 5.69 Å². The fraction of sp³-hybridized carbons (Fsp3) is 0.438. The quantitative estimate of drug-likeness (QED) is 0.789. The molecular formula is C16H22N4O2S. The molecule has 1 N–H and O–H groups in total. The molecule has 6 nitrogen and oxygen atoms in total. The first-order valence-electron chi connectivity index (χ1n) is 7.61. The number of carbonyl (C=O) groups excluding carboxylic acids is 1. The minimum Gasteiger partial charge on any atom is -0.345 e. The summed E-state index contributed by atoms with van der Waals surface area (Å²) in [5, 5.41) is 7.29. The maximum Gasteiger partial charge on any atom is 0.343 e. The molecule has 23 heavy (non-hydrogen) atoms. The minimum atomic E-state index is -0.159. The summed E-state index contributed by atoms with van der Waals surface area (Å²) in [5.74, 6) is 0.692. The molecule has 0 atom stereocenters. The number of thioether (sulfide) groups is 1. The molecule has 7 heteroatoms. The summed E-state index contributed by atoms with van der Waals surface area (Å²) in [4.78, 5) is 25.1. The van der Waals surface area contributed by atoms with Crippen LogP contribution in [0, 0.1) is 0 Å². The number of hydrogen-bond donors (Lipinski definition) is 1. The van der Waals surface area contributed by atoms with E-state index < -0.39 is 0 Å². The van der Waals surface area contributed by atoms with Gasteiger partial charge in [-0.15, -0.1) is 5.10 Å². The van der Waals surface area contributed by atoms with Crippen molar-refractivity contribution in [2.45, 2.75) is 37.2 Å². The van der Waals surface area contributed by atoms with E-state index in [9.17, 15) is 9.59 Å². The maximum atomic E-state index is 11.9. The van der Waals surface area contributed by atoms with Crippen molar-refractivity contribution in [3.05, 3.63) is 45.9 Å². The Morgan fingerprint density at radius 3 is 2.61 bits per heavy atom. The zero-order chi connectivity index (χ0) is 16.8. The first kappa shape index (κ1) is 17.3. The SMILES string of the molecule is CCCCn1c(SCc2ccc(C(=O)N(C)C)cc2)n[nH]c1=O. The minimum absolute atomic E-state index is 0.00934. The van der Waals surface area contributed by atoms with Crippen LogP contribution in [0.15, 0.2) is 34.2 Å². The lowest BCUT2D eigenvalue weighted by molar-refractivity contribution is 0.0827.